The number of aryl methyl sites for hydroxylation is 1. The third kappa shape index (κ3) is 6.06. The van der Waals surface area contributed by atoms with E-state index in [4.69, 9.17) is 11.6 Å². The highest BCUT2D eigenvalue weighted by Crippen LogP contribution is 2.18. The average Bonchev–Trinajstić information content (AvgIpc) is 2.92. The van der Waals surface area contributed by atoms with Gasteiger partial charge in [0.2, 0.25) is 5.91 Å². The predicted octanol–water partition coefficient (Wildman–Crippen LogP) is 4.13. The van der Waals surface area contributed by atoms with E-state index in [0.29, 0.717) is 12.3 Å². The van der Waals surface area contributed by atoms with E-state index in [2.05, 4.69) is 48.2 Å². The van der Waals surface area contributed by atoms with Crippen molar-refractivity contribution in [2.24, 2.45) is 5.92 Å². The summed E-state index contributed by atoms with van der Waals surface area (Å²) in [5.41, 5.74) is 4.43. The molecule has 1 saturated heterocycles. The van der Waals surface area contributed by atoms with Gasteiger partial charge in [0, 0.05) is 48.5 Å². The summed E-state index contributed by atoms with van der Waals surface area (Å²) in [6.07, 6.45) is 2.40. The van der Waals surface area contributed by atoms with Gasteiger partial charge in [0.25, 0.3) is 0 Å². The fraction of sp³-hybridized carbons (Fsp3) is 0.565. The lowest BCUT2D eigenvalue weighted by atomic mass is 10.0. The Morgan fingerprint density at radius 3 is 2.48 bits per heavy atom. The molecule has 3 rings (SSSR count). The highest BCUT2D eigenvalue weighted by molar-refractivity contribution is 6.30. The fourth-order valence-corrected chi connectivity index (χ4v) is 4.16. The molecule has 1 aliphatic heterocycles. The van der Waals surface area contributed by atoms with E-state index in [1.807, 2.05) is 23.7 Å². The first-order valence-electron chi connectivity index (χ1n) is 10.6. The van der Waals surface area contributed by atoms with Crippen molar-refractivity contribution >= 4 is 17.5 Å². The number of amides is 1. The Bertz CT molecular complexity index is 820. The summed E-state index contributed by atoms with van der Waals surface area (Å²) in [6.45, 7) is 12.3. The smallest absolute Gasteiger partial charge is 0.224 e. The van der Waals surface area contributed by atoms with E-state index in [9.17, 15) is 4.79 Å². The van der Waals surface area contributed by atoms with Crippen molar-refractivity contribution < 1.29 is 4.79 Å². The van der Waals surface area contributed by atoms with Gasteiger partial charge in [0.15, 0.2) is 0 Å². The fourth-order valence-electron chi connectivity index (χ4n) is 4.04. The third-order valence-corrected chi connectivity index (χ3v) is 5.93. The van der Waals surface area contributed by atoms with E-state index in [1.165, 1.54) is 5.56 Å². The third-order valence-electron chi connectivity index (χ3n) is 5.68. The maximum Gasteiger partial charge on any atom is 0.224 e. The summed E-state index contributed by atoms with van der Waals surface area (Å²) in [6, 6.07) is 8.31. The summed E-state index contributed by atoms with van der Waals surface area (Å²) in [4.78, 5) is 15.1. The Morgan fingerprint density at radius 2 is 1.86 bits per heavy atom. The molecular weight excluding hydrogens is 384 g/mol. The minimum absolute atomic E-state index is 0.108. The molecule has 0 atom stereocenters. The van der Waals surface area contributed by atoms with Crippen LogP contribution in [0.4, 0.5) is 0 Å². The Hall–Kier alpha value is -1.85. The highest BCUT2D eigenvalue weighted by atomic mass is 35.5. The molecule has 5 nitrogen and oxygen atoms in total. The van der Waals surface area contributed by atoms with Crippen molar-refractivity contribution in [1.82, 2.24) is 20.0 Å². The van der Waals surface area contributed by atoms with E-state index in [-0.39, 0.29) is 11.9 Å². The van der Waals surface area contributed by atoms with Crippen molar-refractivity contribution in [3.05, 3.63) is 51.8 Å². The number of benzene rings is 1. The number of aromatic nitrogens is 2. The van der Waals surface area contributed by atoms with Gasteiger partial charge >= 0.3 is 0 Å². The molecule has 0 aliphatic carbocycles. The molecule has 1 N–H and O–H groups in total. The molecule has 1 aromatic heterocycles. The van der Waals surface area contributed by atoms with Crippen LogP contribution < -0.4 is 5.32 Å². The number of carbonyl (C=O) groups excluding carboxylic acids is 1. The van der Waals surface area contributed by atoms with E-state index in [1.54, 1.807) is 0 Å². The molecular formula is C23H33ClN4O. The maximum atomic E-state index is 12.6. The van der Waals surface area contributed by atoms with Crippen LogP contribution in [-0.2, 0) is 24.3 Å². The van der Waals surface area contributed by atoms with Crippen LogP contribution in [0.25, 0.3) is 0 Å². The molecule has 1 aliphatic rings. The standard InChI is InChI=1S/C23H33ClN4O/c1-16(2)14-28-18(4)22(17(3)26-28)13-23(29)25-21-9-11-27(12-10-21)15-19-5-7-20(24)8-6-19/h5-8,16,21H,9-15H2,1-4H3,(H,25,29). The van der Waals surface area contributed by atoms with Gasteiger partial charge in [-0.25, -0.2) is 0 Å². The summed E-state index contributed by atoms with van der Waals surface area (Å²) in [5, 5.41) is 8.64. The van der Waals surface area contributed by atoms with Gasteiger partial charge in [-0.2, -0.15) is 5.10 Å². The van der Waals surface area contributed by atoms with Crippen LogP contribution in [0.15, 0.2) is 24.3 Å². The molecule has 2 heterocycles. The lowest BCUT2D eigenvalue weighted by Gasteiger charge is -2.32. The number of nitrogens with one attached hydrogen (secondary N) is 1. The second-order valence-electron chi connectivity index (χ2n) is 8.65. The number of carbonyl (C=O) groups is 1. The highest BCUT2D eigenvalue weighted by Gasteiger charge is 2.22. The Labute approximate surface area is 179 Å². The van der Waals surface area contributed by atoms with Crippen LogP contribution in [0.5, 0.6) is 0 Å². The minimum atomic E-state index is 0.108. The van der Waals surface area contributed by atoms with Gasteiger partial charge in [0.1, 0.15) is 0 Å². The van der Waals surface area contributed by atoms with Crippen LogP contribution in [-0.4, -0.2) is 39.7 Å². The van der Waals surface area contributed by atoms with Crippen LogP contribution in [0.2, 0.25) is 5.02 Å². The van der Waals surface area contributed by atoms with Gasteiger partial charge in [-0.1, -0.05) is 37.6 Å². The normalized spacial score (nSPS) is 15.8. The second-order valence-corrected chi connectivity index (χ2v) is 9.08. The van der Waals surface area contributed by atoms with Crippen molar-refractivity contribution in [2.75, 3.05) is 13.1 Å². The minimum Gasteiger partial charge on any atom is -0.353 e. The predicted molar refractivity (Wildman–Crippen MR) is 118 cm³/mol. The number of hydrogen-bond donors (Lipinski definition) is 1. The Morgan fingerprint density at radius 1 is 1.21 bits per heavy atom. The number of halogens is 1. The molecule has 1 aromatic carbocycles. The van der Waals surface area contributed by atoms with Crippen LogP contribution in [0.1, 0.15) is 49.2 Å². The summed E-state index contributed by atoms with van der Waals surface area (Å²) >= 11 is 5.96. The van der Waals surface area contributed by atoms with Crippen molar-refractivity contribution in [2.45, 2.75) is 66.1 Å². The topological polar surface area (TPSA) is 50.2 Å². The maximum absolute atomic E-state index is 12.6. The zero-order valence-corrected chi connectivity index (χ0v) is 18.8. The zero-order chi connectivity index (χ0) is 21.0. The molecule has 29 heavy (non-hydrogen) atoms. The number of hydrogen-bond acceptors (Lipinski definition) is 3. The first-order valence-corrected chi connectivity index (χ1v) is 11.0. The zero-order valence-electron chi connectivity index (χ0n) is 18.0. The molecule has 0 radical (unpaired) electrons. The SMILES string of the molecule is Cc1nn(CC(C)C)c(C)c1CC(=O)NC1CCN(Cc2ccc(Cl)cc2)CC1. The van der Waals surface area contributed by atoms with Gasteiger partial charge in [-0.15, -0.1) is 0 Å². The van der Waals surface area contributed by atoms with Gasteiger partial charge < -0.3 is 5.32 Å². The first kappa shape index (κ1) is 21.8. The summed E-state index contributed by atoms with van der Waals surface area (Å²) in [7, 11) is 0. The number of likely N-dealkylation sites (tertiary alicyclic amines) is 1. The van der Waals surface area contributed by atoms with Gasteiger partial charge in [0.05, 0.1) is 12.1 Å². The number of piperidine rings is 1. The average molecular weight is 417 g/mol. The molecule has 2 aromatic rings. The number of nitrogens with zero attached hydrogens (tertiary/aromatic N) is 3. The van der Waals surface area contributed by atoms with E-state index < -0.39 is 0 Å². The lowest BCUT2D eigenvalue weighted by Crippen LogP contribution is -2.44. The Balaban J connectivity index is 1.47. The summed E-state index contributed by atoms with van der Waals surface area (Å²) < 4.78 is 2.04. The molecule has 6 heteroatoms. The van der Waals surface area contributed by atoms with Gasteiger partial charge in [-0.3, -0.25) is 14.4 Å². The van der Waals surface area contributed by atoms with Crippen molar-refractivity contribution in [1.29, 1.82) is 0 Å². The molecule has 0 saturated carbocycles. The molecule has 0 unspecified atom stereocenters. The monoisotopic (exact) mass is 416 g/mol. The largest absolute Gasteiger partial charge is 0.353 e. The molecule has 0 spiro atoms. The molecule has 1 fully saturated rings. The van der Waals surface area contributed by atoms with Crippen LogP contribution >= 0.6 is 11.6 Å². The lowest BCUT2D eigenvalue weighted by molar-refractivity contribution is -0.121. The number of rotatable bonds is 7. The van der Waals surface area contributed by atoms with Crippen molar-refractivity contribution in [3.63, 3.8) is 0 Å². The van der Waals surface area contributed by atoms with Gasteiger partial charge in [-0.05, 0) is 50.3 Å². The van der Waals surface area contributed by atoms with Crippen molar-refractivity contribution in [3.8, 4) is 0 Å². The van der Waals surface area contributed by atoms with E-state index in [0.717, 1.165) is 61.0 Å². The summed E-state index contributed by atoms with van der Waals surface area (Å²) in [5.74, 6) is 0.643. The molecule has 0 bridgehead atoms. The van der Waals surface area contributed by atoms with Crippen LogP contribution in [0, 0.1) is 19.8 Å². The van der Waals surface area contributed by atoms with E-state index >= 15 is 0 Å². The second kappa shape index (κ2) is 9.77. The molecule has 1 amide bonds. The molecule has 158 valence electrons. The Kier molecular flexibility index (Phi) is 7.36. The quantitative estimate of drug-likeness (QED) is 0.738. The van der Waals surface area contributed by atoms with Crippen LogP contribution in [0.3, 0.4) is 0 Å². The first-order chi connectivity index (χ1) is 13.8.